The highest BCUT2D eigenvalue weighted by atomic mass is 16.2. The second kappa shape index (κ2) is 5.17. The smallest absolute Gasteiger partial charge is 0.261 e. The van der Waals surface area contributed by atoms with Crippen molar-refractivity contribution in [2.24, 2.45) is 0 Å². The number of nitrogens with zero attached hydrogens (tertiary/aromatic N) is 1. The van der Waals surface area contributed by atoms with Crippen LogP contribution in [0.1, 0.15) is 51.6 Å². The maximum atomic E-state index is 12.4. The molecule has 21 heavy (non-hydrogen) atoms. The normalized spacial score (nSPS) is 14.0. The van der Waals surface area contributed by atoms with Crippen molar-refractivity contribution in [3.05, 3.63) is 70.8 Å². The van der Waals surface area contributed by atoms with Crippen LogP contribution < -0.4 is 0 Å². The first-order chi connectivity index (χ1) is 10.1. The zero-order chi connectivity index (χ0) is 15.0. The summed E-state index contributed by atoms with van der Waals surface area (Å²) < 4.78 is 0. The molecule has 0 N–H and O–H groups in total. The van der Waals surface area contributed by atoms with E-state index in [4.69, 9.17) is 0 Å². The standard InChI is InChI=1S/C18H17NO2/c1-12(2)14-8-4-3-7-13(14)11-19-17(20)15-9-5-6-10-16(15)18(19)21/h3-10,12H,11H2,1-2H3. The summed E-state index contributed by atoms with van der Waals surface area (Å²) in [5, 5.41) is 0. The Balaban J connectivity index is 1.95. The maximum absolute atomic E-state index is 12.4. The molecule has 3 heteroatoms. The summed E-state index contributed by atoms with van der Waals surface area (Å²) in [5.41, 5.74) is 3.21. The zero-order valence-corrected chi connectivity index (χ0v) is 12.2. The topological polar surface area (TPSA) is 37.4 Å². The first-order valence-corrected chi connectivity index (χ1v) is 7.12. The Morgan fingerprint density at radius 2 is 1.38 bits per heavy atom. The Morgan fingerprint density at radius 3 is 1.95 bits per heavy atom. The zero-order valence-electron chi connectivity index (χ0n) is 12.2. The molecule has 0 spiro atoms. The molecule has 2 amide bonds. The second-order valence-corrected chi connectivity index (χ2v) is 5.60. The highest BCUT2D eigenvalue weighted by Gasteiger charge is 2.35. The van der Waals surface area contributed by atoms with Crippen molar-refractivity contribution in [2.45, 2.75) is 26.3 Å². The molecule has 106 valence electrons. The summed E-state index contributed by atoms with van der Waals surface area (Å²) in [6, 6.07) is 15.0. The average Bonchev–Trinajstić information content (AvgIpc) is 2.73. The number of amides is 2. The Morgan fingerprint density at radius 1 is 0.857 bits per heavy atom. The molecule has 0 aliphatic carbocycles. The van der Waals surface area contributed by atoms with E-state index in [1.54, 1.807) is 24.3 Å². The molecule has 1 aliphatic heterocycles. The SMILES string of the molecule is CC(C)c1ccccc1CN1C(=O)c2ccccc2C1=O. The number of carbonyl (C=O) groups excluding carboxylic acids is 2. The van der Waals surface area contributed by atoms with Gasteiger partial charge in [0.2, 0.25) is 0 Å². The molecule has 3 nitrogen and oxygen atoms in total. The third kappa shape index (κ3) is 2.25. The highest BCUT2D eigenvalue weighted by Crippen LogP contribution is 2.27. The molecule has 3 rings (SSSR count). The van der Waals surface area contributed by atoms with Crippen LogP contribution in [-0.4, -0.2) is 16.7 Å². The predicted molar refractivity (Wildman–Crippen MR) is 81.2 cm³/mol. The monoisotopic (exact) mass is 279 g/mol. The Bertz CT molecular complexity index is 684. The molecular formula is C18H17NO2. The lowest BCUT2D eigenvalue weighted by Gasteiger charge is -2.18. The van der Waals surface area contributed by atoms with Crippen molar-refractivity contribution in [1.29, 1.82) is 0 Å². The number of hydrogen-bond acceptors (Lipinski definition) is 2. The van der Waals surface area contributed by atoms with Crippen LogP contribution in [0.2, 0.25) is 0 Å². The van der Waals surface area contributed by atoms with E-state index in [9.17, 15) is 9.59 Å². The van der Waals surface area contributed by atoms with E-state index in [-0.39, 0.29) is 11.8 Å². The van der Waals surface area contributed by atoms with E-state index in [2.05, 4.69) is 19.9 Å². The van der Waals surface area contributed by atoms with Gasteiger partial charge in [0.15, 0.2) is 0 Å². The molecule has 0 saturated heterocycles. The van der Waals surface area contributed by atoms with Crippen molar-refractivity contribution in [3.63, 3.8) is 0 Å². The van der Waals surface area contributed by atoms with E-state index in [1.807, 2.05) is 18.2 Å². The molecule has 0 aromatic heterocycles. The molecule has 0 unspecified atom stereocenters. The van der Waals surface area contributed by atoms with Gasteiger partial charge in [0.1, 0.15) is 0 Å². The molecule has 0 atom stereocenters. The number of benzene rings is 2. The van der Waals surface area contributed by atoms with E-state index in [0.717, 1.165) is 5.56 Å². The van der Waals surface area contributed by atoms with Crippen molar-refractivity contribution in [2.75, 3.05) is 0 Å². The average molecular weight is 279 g/mol. The molecule has 2 aromatic carbocycles. The Kier molecular flexibility index (Phi) is 3.34. The first kappa shape index (κ1) is 13.6. The fourth-order valence-electron chi connectivity index (χ4n) is 2.79. The summed E-state index contributed by atoms with van der Waals surface area (Å²) in [6.07, 6.45) is 0. The van der Waals surface area contributed by atoms with E-state index < -0.39 is 0 Å². The summed E-state index contributed by atoms with van der Waals surface area (Å²) in [4.78, 5) is 26.1. The lowest BCUT2D eigenvalue weighted by atomic mass is 9.97. The van der Waals surface area contributed by atoms with E-state index >= 15 is 0 Å². The number of carbonyl (C=O) groups is 2. The summed E-state index contributed by atoms with van der Waals surface area (Å²) in [5.74, 6) is -0.0419. The molecule has 0 fully saturated rings. The fraction of sp³-hybridized carbons (Fsp3) is 0.222. The molecule has 0 bridgehead atoms. The van der Waals surface area contributed by atoms with Gasteiger partial charge >= 0.3 is 0 Å². The first-order valence-electron chi connectivity index (χ1n) is 7.12. The number of imide groups is 1. The second-order valence-electron chi connectivity index (χ2n) is 5.60. The lowest BCUT2D eigenvalue weighted by molar-refractivity contribution is 0.0642. The van der Waals surface area contributed by atoms with Crippen molar-refractivity contribution >= 4 is 11.8 Å². The minimum atomic E-state index is -0.200. The van der Waals surface area contributed by atoms with Crippen LogP contribution in [0.25, 0.3) is 0 Å². The molecule has 0 saturated carbocycles. The molecule has 2 aromatic rings. The maximum Gasteiger partial charge on any atom is 0.261 e. The third-order valence-corrected chi connectivity index (χ3v) is 3.88. The van der Waals surface area contributed by atoms with Crippen LogP contribution in [0, 0.1) is 0 Å². The fourth-order valence-corrected chi connectivity index (χ4v) is 2.79. The van der Waals surface area contributed by atoms with E-state index in [0.29, 0.717) is 23.6 Å². The highest BCUT2D eigenvalue weighted by molar-refractivity contribution is 6.21. The van der Waals surface area contributed by atoms with Gasteiger partial charge in [-0.1, -0.05) is 50.2 Å². The van der Waals surface area contributed by atoms with Crippen molar-refractivity contribution in [1.82, 2.24) is 4.90 Å². The molecule has 0 radical (unpaired) electrons. The van der Waals surface area contributed by atoms with Gasteiger partial charge in [0, 0.05) is 0 Å². The van der Waals surface area contributed by atoms with Gasteiger partial charge in [-0.15, -0.1) is 0 Å². The quantitative estimate of drug-likeness (QED) is 0.805. The van der Waals surface area contributed by atoms with Gasteiger partial charge < -0.3 is 0 Å². The predicted octanol–water partition coefficient (Wildman–Crippen LogP) is 3.61. The van der Waals surface area contributed by atoms with Gasteiger partial charge in [-0.25, -0.2) is 0 Å². The number of rotatable bonds is 3. The van der Waals surface area contributed by atoms with Crippen LogP contribution in [0.15, 0.2) is 48.5 Å². The molecule has 1 heterocycles. The Labute approximate surface area is 124 Å². The van der Waals surface area contributed by atoms with Gasteiger partial charge in [-0.2, -0.15) is 0 Å². The lowest BCUT2D eigenvalue weighted by Crippen LogP contribution is -2.29. The van der Waals surface area contributed by atoms with Gasteiger partial charge in [-0.3, -0.25) is 14.5 Å². The third-order valence-electron chi connectivity index (χ3n) is 3.88. The molecular weight excluding hydrogens is 262 g/mol. The Hall–Kier alpha value is -2.42. The largest absolute Gasteiger partial charge is 0.270 e. The van der Waals surface area contributed by atoms with Gasteiger partial charge in [-0.05, 0) is 29.2 Å². The summed E-state index contributed by atoms with van der Waals surface area (Å²) in [6.45, 7) is 4.56. The van der Waals surface area contributed by atoms with Crippen molar-refractivity contribution < 1.29 is 9.59 Å². The summed E-state index contributed by atoms with van der Waals surface area (Å²) >= 11 is 0. The van der Waals surface area contributed by atoms with E-state index in [1.165, 1.54) is 10.5 Å². The van der Waals surface area contributed by atoms with Gasteiger partial charge in [0.05, 0.1) is 17.7 Å². The van der Waals surface area contributed by atoms with Crippen LogP contribution in [-0.2, 0) is 6.54 Å². The minimum Gasteiger partial charge on any atom is -0.270 e. The van der Waals surface area contributed by atoms with Crippen LogP contribution >= 0.6 is 0 Å². The van der Waals surface area contributed by atoms with Crippen molar-refractivity contribution in [3.8, 4) is 0 Å². The minimum absolute atomic E-state index is 0.200. The van der Waals surface area contributed by atoms with Gasteiger partial charge in [0.25, 0.3) is 11.8 Å². The summed E-state index contributed by atoms with van der Waals surface area (Å²) in [7, 11) is 0. The number of fused-ring (bicyclic) bond motifs is 1. The van der Waals surface area contributed by atoms with Crippen LogP contribution in [0.3, 0.4) is 0 Å². The molecule has 1 aliphatic rings. The number of hydrogen-bond donors (Lipinski definition) is 0. The van der Waals surface area contributed by atoms with Crippen LogP contribution in [0.4, 0.5) is 0 Å². The van der Waals surface area contributed by atoms with Crippen LogP contribution in [0.5, 0.6) is 0 Å².